The molecule has 0 unspecified atom stereocenters. The fourth-order valence-electron chi connectivity index (χ4n) is 4.30. The first-order chi connectivity index (χ1) is 16.6. The summed E-state index contributed by atoms with van der Waals surface area (Å²) in [4.78, 5) is 27.5. The minimum absolute atomic E-state index is 0.153. The van der Waals surface area contributed by atoms with Gasteiger partial charge in [-0.15, -0.1) is 5.10 Å². The van der Waals surface area contributed by atoms with Crippen LogP contribution >= 0.6 is 0 Å². The van der Waals surface area contributed by atoms with Gasteiger partial charge >= 0.3 is 5.69 Å². The molecule has 2 aromatic heterocycles. The predicted octanol–water partition coefficient (Wildman–Crippen LogP) is 2.75. The second kappa shape index (κ2) is 8.75. The minimum Gasteiger partial charge on any atom is -0.457 e. The lowest BCUT2D eigenvalue weighted by Gasteiger charge is -2.14. The standard InChI is InChI=1S/C25H22N6O3/c1-2-6-22(32)29-14-13-18(16-29)30-21-15-27-28-24(26)23(21)31(25(30)33)17-9-11-20(12-10-17)34-19-7-4-3-5-8-19/h3-5,7-12,15,18H,13-14,16H2,1H3,(H2,26,28)/t18-/m1/s1. The number of para-hydroxylation sites is 1. The molecule has 1 atom stereocenters. The number of imidazole rings is 1. The van der Waals surface area contributed by atoms with E-state index in [4.69, 9.17) is 10.5 Å². The van der Waals surface area contributed by atoms with Gasteiger partial charge in [0.25, 0.3) is 5.91 Å². The fraction of sp³-hybridized carbons (Fsp3) is 0.200. The lowest BCUT2D eigenvalue weighted by Crippen LogP contribution is -2.31. The molecule has 2 N–H and O–H groups in total. The van der Waals surface area contributed by atoms with Gasteiger partial charge in [-0.3, -0.25) is 13.9 Å². The molecule has 1 aliphatic rings. The van der Waals surface area contributed by atoms with Gasteiger partial charge in [-0.25, -0.2) is 4.79 Å². The van der Waals surface area contributed by atoms with Gasteiger partial charge in [0, 0.05) is 13.1 Å². The van der Waals surface area contributed by atoms with Gasteiger partial charge in [0.15, 0.2) is 5.82 Å². The number of anilines is 1. The lowest BCUT2D eigenvalue weighted by atomic mass is 10.2. The number of rotatable bonds is 4. The normalized spacial score (nSPS) is 15.2. The molecule has 34 heavy (non-hydrogen) atoms. The average Bonchev–Trinajstić information content (AvgIpc) is 3.43. The van der Waals surface area contributed by atoms with Gasteiger partial charge in [-0.1, -0.05) is 24.1 Å². The Kier molecular flexibility index (Phi) is 5.47. The molecule has 1 fully saturated rings. The van der Waals surface area contributed by atoms with Crippen LogP contribution in [0.5, 0.6) is 11.5 Å². The van der Waals surface area contributed by atoms with Gasteiger partial charge in [0.2, 0.25) is 0 Å². The smallest absolute Gasteiger partial charge is 0.334 e. The number of amides is 1. The molecule has 0 aliphatic carbocycles. The number of carbonyl (C=O) groups excluding carboxylic acids is 1. The van der Waals surface area contributed by atoms with Crippen LogP contribution in [0.4, 0.5) is 5.82 Å². The van der Waals surface area contributed by atoms with Crippen LogP contribution in [0.2, 0.25) is 0 Å². The molecule has 170 valence electrons. The third kappa shape index (κ3) is 3.75. The van der Waals surface area contributed by atoms with Crippen molar-refractivity contribution in [3.05, 3.63) is 71.3 Å². The topological polar surface area (TPSA) is 108 Å². The largest absolute Gasteiger partial charge is 0.457 e. The number of benzene rings is 2. The van der Waals surface area contributed by atoms with Gasteiger partial charge < -0.3 is 15.4 Å². The van der Waals surface area contributed by atoms with Gasteiger partial charge in [-0.2, -0.15) is 5.10 Å². The number of likely N-dealkylation sites (tertiary alicyclic amines) is 1. The van der Waals surface area contributed by atoms with Gasteiger partial charge in [0.05, 0.1) is 23.4 Å². The van der Waals surface area contributed by atoms with E-state index in [-0.39, 0.29) is 23.5 Å². The third-order valence-electron chi connectivity index (χ3n) is 5.83. The molecule has 0 radical (unpaired) electrons. The summed E-state index contributed by atoms with van der Waals surface area (Å²) in [6.45, 7) is 2.54. The number of hydrogen-bond donors (Lipinski definition) is 1. The van der Waals surface area contributed by atoms with Crippen molar-refractivity contribution in [2.45, 2.75) is 19.4 Å². The zero-order valence-electron chi connectivity index (χ0n) is 18.5. The van der Waals surface area contributed by atoms with Crippen LogP contribution in [-0.4, -0.2) is 43.2 Å². The molecule has 4 aromatic rings. The molecule has 3 heterocycles. The van der Waals surface area contributed by atoms with E-state index in [1.807, 2.05) is 30.3 Å². The Morgan fingerprint density at radius 2 is 1.85 bits per heavy atom. The van der Waals surface area contributed by atoms with Crippen LogP contribution in [-0.2, 0) is 4.79 Å². The van der Waals surface area contributed by atoms with E-state index in [2.05, 4.69) is 22.0 Å². The molecule has 1 amide bonds. The highest BCUT2D eigenvalue weighted by atomic mass is 16.5. The van der Waals surface area contributed by atoms with Crippen molar-refractivity contribution in [2.24, 2.45) is 0 Å². The van der Waals surface area contributed by atoms with E-state index in [9.17, 15) is 9.59 Å². The minimum atomic E-state index is -0.269. The fourth-order valence-corrected chi connectivity index (χ4v) is 4.30. The highest BCUT2D eigenvalue weighted by Gasteiger charge is 2.31. The zero-order valence-corrected chi connectivity index (χ0v) is 18.5. The highest BCUT2D eigenvalue weighted by molar-refractivity contribution is 5.93. The molecule has 1 saturated heterocycles. The first kappa shape index (κ1) is 21.3. The summed E-state index contributed by atoms with van der Waals surface area (Å²) in [7, 11) is 0. The summed E-state index contributed by atoms with van der Waals surface area (Å²) in [6.07, 6.45) is 2.16. The van der Waals surface area contributed by atoms with Gasteiger partial charge in [-0.05, 0) is 55.7 Å². The van der Waals surface area contributed by atoms with E-state index in [1.165, 1.54) is 10.8 Å². The Hall–Kier alpha value is -4.58. The maximum absolute atomic E-state index is 13.7. The maximum atomic E-state index is 13.7. The predicted molar refractivity (Wildman–Crippen MR) is 128 cm³/mol. The van der Waals surface area contributed by atoms with Crippen molar-refractivity contribution in [1.29, 1.82) is 0 Å². The number of nitrogens with two attached hydrogens (primary N) is 1. The summed E-state index contributed by atoms with van der Waals surface area (Å²) >= 11 is 0. The Balaban J connectivity index is 1.54. The number of aromatic nitrogens is 4. The molecule has 0 saturated carbocycles. The Morgan fingerprint density at radius 3 is 2.59 bits per heavy atom. The molecule has 2 aromatic carbocycles. The van der Waals surface area contributed by atoms with Crippen molar-refractivity contribution in [1.82, 2.24) is 24.2 Å². The van der Waals surface area contributed by atoms with Crippen LogP contribution < -0.4 is 16.2 Å². The molecule has 5 rings (SSSR count). The van der Waals surface area contributed by atoms with Crippen LogP contribution in [0, 0.1) is 11.8 Å². The van der Waals surface area contributed by atoms with Crippen molar-refractivity contribution in [3.8, 4) is 29.0 Å². The molecular formula is C25H22N6O3. The number of nitrogen functional groups attached to an aromatic ring is 1. The number of nitrogens with zero attached hydrogens (tertiary/aromatic N) is 5. The Morgan fingerprint density at radius 1 is 1.12 bits per heavy atom. The van der Waals surface area contributed by atoms with E-state index >= 15 is 0 Å². The van der Waals surface area contributed by atoms with Crippen LogP contribution in [0.1, 0.15) is 19.4 Å². The van der Waals surface area contributed by atoms with Crippen LogP contribution in [0.15, 0.2) is 65.6 Å². The lowest BCUT2D eigenvalue weighted by molar-refractivity contribution is -0.124. The monoisotopic (exact) mass is 454 g/mol. The van der Waals surface area contributed by atoms with E-state index in [0.717, 1.165) is 5.75 Å². The van der Waals surface area contributed by atoms with Crippen molar-refractivity contribution in [2.75, 3.05) is 18.8 Å². The number of fused-ring (bicyclic) bond motifs is 1. The van der Waals surface area contributed by atoms with Crippen LogP contribution in [0.3, 0.4) is 0 Å². The number of hydrogen-bond acceptors (Lipinski definition) is 6. The van der Waals surface area contributed by atoms with Gasteiger partial charge in [0.1, 0.15) is 17.0 Å². The van der Waals surface area contributed by atoms with Crippen molar-refractivity contribution < 1.29 is 9.53 Å². The summed E-state index contributed by atoms with van der Waals surface area (Å²) in [5, 5.41) is 7.93. The van der Waals surface area contributed by atoms with E-state index < -0.39 is 0 Å². The summed E-state index contributed by atoms with van der Waals surface area (Å²) in [5.41, 5.74) is 7.57. The first-order valence-corrected chi connectivity index (χ1v) is 10.9. The zero-order chi connectivity index (χ0) is 23.7. The second-order valence-electron chi connectivity index (χ2n) is 7.93. The summed E-state index contributed by atoms with van der Waals surface area (Å²) in [6, 6.07) is 16.4. The van der Waals surface area contributed by atoms with E-state index in [1.54, 1.807) is 40.7 Å². The summed E-state index contributed by atoms with van der Waals surface area (Å²) < 4.78 is 9.05. The SMILES string of the molecule is CC#CC(=O)N1CC[C@@H](n2c(=O)n(-c3ccc(Oc4ccccc4)cc3)c3c(N)nncc32)C1. The Bertz CT molecular complexity index is 1480. The highest BCUT2D eigenvalue weighted by Crippen LogP contribution is 2.29. The average molecular weight is 454 g/mol. The maximum Gasteiger partial charge on any atom is 0.334 e. The Labute approximate surface area is 195 Å². The number of ether oxygens (including phenoxy) is 1. The first-order valence-electron chi connectivity index (χ1n) is 10.9. The van der Waals surface area contributed by atoms with E-state index in [0.29, 0.717) is 42.0 Å². The molecule has 0 bridgehead atoms. The molecule has 9 nitrogen and oxygen atoms in total. The van der Waals surface area contributed by atoms with Crippen molar-refractivity contribution >= 4 is 22.8 Å². The molecule has 1 aliphatic heterocycles. The second-order valence-corrected chi connectivity index (χ2v) is 7.93. The quantitative estimate of drug-likeness (QED) is 0.475. The van der Waals surface area contributed by atoms with Crippen LogP contribution in [0.25, 0.3) is 16.7 Å². The third-order valence-corrected chi connectivity index (χ3v) is 5.83. The molecule has 9 heteroatoms. The van der Waals surface area contributed by atoms with Crippen molar-refractivity contribution in [3.63, 3.8) is 0 Å². The molecular weight excluding hydrogens is 432 g/mol. The number of carbonyl (C=O) groups is 1. The molecule has 0 spiro atoms. The summed E-state index contributed by atoms with van der Waals surface area (Å²) in [5.74, 6) is 6.47.